The van der Waals surface area contributed by atoms with Crippen molar-refractivity contribution in [3.05, 3.63) is 51.0 Å². The minimum absolute atomic E-state index is 0.0362. The van der Waals surface area contributed by atoms with E-state index in [-0.39, 0.29) is 11.0 Å². The zero-order valence-electron chi connectivity index (χ0n) is 10.8. The molecule has 1 heterocycles. The summed E-state index contributed by atoms with van der Waals surface area (Å²) in [5.41, 5.74) is 8.04. The van der Waals surface area contributed by atoms with Crippen LogP contribution in [0.4, 0.5) is 14.7 Å². The van der Waals surface area contributed by atoms with Gasteiger partial charge in [-0.15, -0.1) is 0 Å². The predicted molar refractivity (Wildman–Crippen MR) is 82.8 cm³/mol. The van der Waals surface area contributed by atoms with Crippen molar-refractivity contribution in [3.8, 4) is 5.69 Å². The summed E-state index contributed by atoms with van der Waals surface area (Å²) in [6.07, 6.45) is 0. The van der Waals surface area contributed by atoms with E-state index in [2.05, 4.69) is 20.9 Å². The van der Waals surface area contributed by atoms with Crippen molar-refractivity contribution in [3.63, 3.8) is 0 Å². The molecule has 0 amide bonds. The van der Waals surface area contributed by atoms with Gasteiger partial charge in [0.25, 0.3) is 0 Å². The second-order valence-electron chi connectivity index (χ2n) is 4.61. The number of nitrogens with zero attached hydrogens (tertiary/aromatic N) is 2. The maximum atomic E-state index is 13.8. The van der Waals surface area contributed by atoms with Crippen LogP contribution in [0.5, 0.6) is 0 Å². The molecule has 108 valence electrons. The van der Waals surface area contributed by atoms with Crippen LogP contribution in [0.3, 0.4) is 0 Å². The zero-order valence-corrected chi connectivity index (χ0v) is 13.1. The lowest BCUT2D eigenvalue weighted by Gasteiger charge is -2.11. The first-order valence-electron chi connectivity index (χ1n) is 5.97. The molecule has 3 nitrogen and oxygen atoms in total. The second kappa shape index (κ2) is 4.96. The third-order valence-corrected chi connectivity index (χ3v) is 4.10. The average molecular weight is 373 g/mol. The monoisotopic (exact) mass is 371 g/mol. The minimum atomic E-state index is -0.583. The summed E-state index contributed by atoms with van der Waals surface area (Å²) in [6.45, 7) is 1.80. The highest BCUT2D eigenvalue weighted by Crippen LogP contribution is 2.30. The third kappa shape index (κ3) is 2.28. The molecule has 0 fully saturated rings. The number of hydrogen-bond acceptors (Lipinski definition) is 2. The fraction of sp³-hybridized carbons (Fsp3) is 0.0714. The lowest BCUT2D eigenvalue weighted by Crippen LogP contribution is -2.03. The number of nitrogens with two attached hydrogens (primary N) is 1. The van der Waals surface area contributed by atoms with Crippen molar-refractivity contribution in [1.82, 2.24) is 9.55 Å². The van der Waals surface area contributed by atoms with Crippen LogP contribution in [-0.4, -0.2) is 9.55 Å². The first-order valence-corrected chi connectivity index (χ1v) is 7.14. The molecule has 0 atom stereocenters. The molecule has 1 aromatic heterocycles. The number of anilines is 1. The van der Waals surface area contributed by atoms with E-state index < -0.39 is 11.6 Å². The van der Waals surface area contributed by atoms with Gasteiger partial charge in [0, 0.05) is 6.07 Å². The van der Waals surface area contributed by atoms with E-state index in [1.807, 2.05) is 0 Å². The zero-order chi connectivity index (χ0) is 15.3. The van der Waals surface area contributed by atoms with Gasteiger partial charge in [-0.1, -0.05) is 11.6 Å². The number of hydrogen-bond donors (Lipinski definition) is 1. The van der Waals surface area contributed by atoms with Gasteiger partial charge in [0.15, 0.2) is 0 Å². The molecule has 0 aliphatic carbocycles. The maximum absolute atomic E-state index is 13.8. The Kier molecular flexibility index (Phi) is 3.37. The van der Waals surface area contributed by atoms with Gasteiger partial charge >= 0.3 is 0 Å². The highest BCUT2D eigenvalue weighted by atomic mass is 79.9. The van der Waals surface area contributed by atoms with Crippen molar-refractivity contribution in [2.75, 3.05) is 5.73 Å². The van der Waals surface area contributed by atoms with Gasteiger partial charge in [0.05, 0.1) is 26.2 Å². The van der Waals surface area contributed by atoms with Crippen LogP contribution in [0.2, 0.25) is 5.02 Å². The van der Waals surface area contributed by atoms with Gasteiger partial charge in [-0.2, -0.15) is 0 Å². The lowest BCUT2D eigenvalue weighted by molar-refractivity contribution is 0.619. The summed E-state index contributed by atoms with van der Waals surface area (Å²) in [4.78, 5) is 4.14. The SMILES string of the molecule is Cc1cc(Br)c(F)cc1-n1c(N)nc2cc(Cl)c(F)cc21. The number of fused-ring (bicyclic) bond motifs is 1. The maximum Gasteiger partial charge on any atom is 0.205 e. The minimum Gasteiger partial charge on any atom is -0.369 e. The van der Waals surface area contributed by atoms with Crippen molar-refractivity contribution < 1.29 is 8.78 Å². The molecule has 2 N–H and O–H groups in total. The Hall–Kier alpha value is -1.66. The van der Waals surface area contributed by atoms with E-state index in [0.717, 1.165) is 5.56 Å². The summed E-state index contributed by atoms with van der Waals surface area (Å²) in [5, 5.41) is -0.0362. The molecule has 0 unspecified atom stereocenters. The Bertz CT molecular complexity index is 877. The predicted octanol–water partition coefficient (Wildman–Crippen LogP) is 4.61. The second-order valence-corrected chi connectivity index (χ2v) is 5.87. The third-order valence-electron chi connectivity index (χ3n) is 3.20. The van der Waals surface area contributed by atoms with Crippen LogP contribution in [0.1, 0.15) is 5.56 Å². The summed E-state index contributed by atoms with van der Waals surface area (Å²) in [6, 6.07) is 5.58. The van der Waals surface area contributed by atoms with E-state index in [0.29, 0.717) is 21.2 Å². The quantitative estimate of drug-likeness (QED) is 0.678. The molecule has 0 spiro atoms. The van der Waals surface area contributed by atoms with Crippen molar-refractivity contribution in [2.45, 2.75) is 6.92 Å². The molecule has 0 saturated carbocycles. The van der Waals surface area contributed by atoms with Crippen LogP contribution in [-0.2, 0) is 0 Å². The number of imidazole rings is 1. The molecule has 2 aromatic carbocycles. The number of rotatable bonds is 1. The van der Waals surface area contributed by atoms with E-state index in [1.165, 1.54) is 22.8 Å². The molecule has 0 saturated heterocycles. The number of nitrogen functional groups attached to an aromatic ring is 1. The summed E-state index contributed by atoms with van der Waals surface area (Å²) < 4.78 is 29.4. The van der Waals surface area contributed by atoms with E-state index in [9.17, 15) is 8.78 Å². The average Bonchev–Trinajstić information content (AvgIpc) is 2.70. The number of aromatic nitrogens is 2. The van der Waals surface area contributed by atoms with Gasteiger partial charge in [-0.3, -0.25) is 4.57 Å². The van der Waals surface area contributed by atoms with Crippen LogP contribution < -0.4 is 5.73 Å². The van der Waals surface area contributed by atoms with Gasteiger partial charge in [0.1, 0.15) is 11.6 Å². The molecule has 3 aromatic rings. The van der Waals surface area contributed by atoms with Crippen LogP contribution >= 0.6 is 27.5 Å². The fourth-order valence-corrected chi connectivity index (χ4v) is 2.84. The van der Waals surface area contributed by atoms with E-state index in [1.54, 1.807) is 13.0 Å². The molecule has 0 aliphatic heterocycles. The Morgan fingerprint density at radius 3 is 2.62 bits per heavy atom. The highest BCUT2D eigenvalue weighted by Gasteiger charge is 2.16. The number of benzene rings is 2. The summed E-state index contributed by atoms with van der Waals surface area (Å²) in [7, 11) is 0. The molecule has 3 rings (SSSR count). The fourth-order valence-electron chi connectivity index (χ4n) is 2.22. The topological polar surface area (TPSA) is 43.8 Å². The Balaban J connectivity index is 2.37. The summed E-state index contributed by atoms with van der Waals surface area (Å²) in [5.74, 6) is -0.886. The molecular weight excluding hydrogens is 364 g/mol. The molecule has 0 aliphatic rings. The standard InChI is InChI=1S/C14H9BrClF2N3/c1-6-2-7(15)9(17)4-12(6)21-13-5-10(18)8(16)3-11(13)20-14(21)19/h2-5H,1H3,(H2,19,20). The summed E-state index contributed by atoms with van der Waals surface area (Å²) >= 11 is 8.87. The van der Waals surface area contributed by atoms with Crippen LogP contribution in [0.15, 0.2) is 28.7 Å². The Morgan fingerprint density at radius 1 is 1.19 bits per heavy atom. The van der Waals surface area contributed by atoms with Crippen molar-refractivity contribution >= 4 is 44.5 Å². The molecule has 0 radical (unpaired) electrons. The van der Waals surface area contributed by atoms with Gasteiger partial charge in [0.2, 0.25) is 5.95 Å². The van der Waals surface area contributed by atoms with Crippen LogP contribution in [0, 0.1) is 18.6 Å². The van der Waals surface area contributed by atoms with Crippen molar-refractivity contribution in [2.24, 2.45) is 0 Å². The highest BCUT2D eigenvalue weighted by molar-refractivity contribution is 9.10. The van der Waals surface area contributed by atoms with Crippen LogP contribution in [0.25, 0.3) is 16.7 Å². The number of aryl methyl sites for hydroxylation is 1. The first kappa shape index (κ1) is 14.3. The van der Waals surface area contributed by atoms with E-state index in [4.69, 9.17) is 17.3 Å². The Morgan fingerprint density at radius 2 is 1.90 bits per heavy atom. The van der Waals surface area contributed by atoms with Gasteiger partial charge < -0.3 is 5.73 Å². The normalized spacial score (nSPS) is 11.3. The molecule has 0 bridgehead atoms. The van der Waals surface area contributed by atoms with Gasteiger partial charge in [-0.05, 0) is 46.6 Å². The van der Waals surface area contributed by atoms with Gasteiger partial charge in [-0.25, -0.2) is 13.8 Å². The molecular formula is C14H9BrClF2N3. The largest absolute Gasteiger partial charge is 0.369 e. The first-order chi connectivity index (χ1) is 9.88. The molecule has 7 heteroatoms. The molecule has 21 heavy (non-hydrogen) atoms. The number of halogens is 4. The van der Waals surface area contributed by atoms with Crippen molar-refractivity contribution in [1.29, 1.82) is 0 Å². The van der Waals surface area contributed by atoms with E-state index >= 15 is 0 Å². The smallest absolute Gasteiger partial charge is 0.205 e. The lowest BCUT2D eigenvalue weighted by atomic mass is 10.2. The Labute approximate surface area is 132 Å².